The largest absolute Gasteiger partial charge is 0.394 e. The minimum absolute atomic E-state index is 0.191. The Kier molecular flexibility index (Phi) is 45.8. The highest BCUT2D eigenvalue weighted by atomic mass is 16.7. The van der Waals surface area contributed by atoms with E-state index >= 15 is 0 Å². The van der Waals surface area contributed by atoms with Gasteiger partial charge in [0.25, 0.3) is 0 Å². The molecule has 1 amide bonds. The van der Waals surface area contributed by atoms with E-state index in [1.54, 1.807) is 6.08 Å². The molecule has 1 fully saturated rings. The summed E-state index contributed by atoms with van der Waals surface area (Å²) in [5.74, 6) is -0.191. The fourth-order valence-electron chi connectivity index (χ4n) is 8.17. The molecule has 1 heterocycles. The summed E-state index contributed by atoms with van der Waals surface area (Å²) in [6.07, 6.45) is 65.7. The van der Waals surface area contributed by atoms with Crippen molar-refractivity contribution >= 4 is 5.91 Å². The molecule has 0 spiro atoms. The molecule has 7 atom stereocenters. The van der Waals surface area contributed by atoms with Crippen LogP contribution in [-0.2, 0) is 14.3 Å². The monoisotopic (exact) mass is 978 g/mol. The number of unbranched alkanes of at least 4 members (excludes halogenated alkanes) is 20. The first-order valence-corrected chi connectivity index (χ1v) is 28.1. The number of hydrogen-bond acceptors (Lipinski definition) is 8. The summed E-state index contributed by atoms with van der Waals surface area (Å²) in [5.41, 5.74) is 0. The van der Waals surface area contributed by atoms with Gasteiger partial charge < -0.3 is 40.3 Å². The maximum absolute atomic E-state index is 13.0. The van der Waals surface area contributed by atoms with Gasteiger partial charge >= 0.3 is 0 Å². The molecule has 1 saturated heterocycles. The van der Waals surface area contributed by atoms with Gasteiger partial charge in [0.15, 0.2) is 6.29 Å². The number of aliphatic hydroxyl groups excluding tert-OH is 5. The van der Waals surface area contributed by atoms with E-state index in [2.05, 4.69) is 116 Å². The van der Waals surface area contributed by atoms with Crippen LogP contribution in [0.2, 0.25) is 0 Å². The zero-order chi connectivity index (χ0) is 50.8. The first-order chi connectivity index (χ1) is 34.3. The minimum atomic E-state index is -1.57. The third-order valence-corrected chi connectivity index (χ3v) is 12.6. The number of rotatable bonds is 46. The second kappa shape index (κ2) is 49.4. The van der Waals surface area contributed by atoms with Crippen molar-refractivity contribution in [2.75, 3.05) is 13.2 Å². The maximum Gasteiger partial charge on any atom is 0.220 e. The molecule has 0 aliphatic carbocycles. The van der Waals surface area contributed by atoms with Crippen LogP contribution in [0.3, 0.4) is 0 Å². The van der Waals surface area contributed by atoms with Gasteiger partial charge in [-0.3, -0.25) is 4.79 Å². The second-order valence-corrected chi connectivity index (χ2v) is 19.0. The van der Waals surface area contributed by atoms with Crippen molar-refractivity contribution in [1.29, 1.82) is 0 Å². The number of aliphatic hydroxyl groups is 5. The molecule has 0 aromatic rings. The van der Waals surface area contributed by atoms with Crippen molar-refractivity contribution in [3.63, 3.8) is 0 Å². The first kappa shape index (κ1) is 64.9. The van der Waals surface area contributed by atoms with E-state index in [0.717, 1.165) is 103 Å². The predicted octanol–water partition coefficient (Wildman–Crippen LogP) is 13.8. The number of carbonyl (C=O) groups is 1. The third-order valence-electron chi connectivity index (χ3n) is 12.6. The van der Waals surface area contributed by atoms with Gasteiger partial charge in [-0.05, 0) is 83.5 Å². The summed E-state index contributed by atoms with van der Waals surface area (Å²) in [5, 5.41) is 54.4. The maximum atomic E-state index is 13.0. The number of allylic oxidation sites excluding steroid dienone is 17. The Morgan fingerprint density at radius 2 is 0.886 bits per heavy atom. The van der Waals surface area contributed by atoms with Crippen molar-refractivity contribution in [3.8, 4) is 0 Å². The molecule has 7 unspecified atom stereocenters. The molecule has 0 bridgehead atoms. The lowest BCUT2D eigenvalue weighted by molar-refractivity contribution is -0.302. The van der Waals surface area contributed by atoms with Gasteiger partial charge in [0.05, 0.1) is 25.4 Å². The predicted molar refractivity (Wildman–Crippen MR) is 294 cm³/mol. The topological polar surface area (TPSA) is 149 Å². The molecule has 0 aromatic carbocycles. The Bertz CT molecular complexity index is 1460. The first-order valence-electron chi connectivity index (χ1n) is 28.1. The summed E-state index contributed by atoms with van der Waals surface area (Å²) in [6, 6.07) is -0.816. The van der Waals surface area contributed by atoms with E-state index in [-0.39, 0.29) is 12.5 Å². The van der Waals surface area contributed by atoms with Gasteiger partial charge in [0, 0.05) is 6.42 Å². The Hall–Kier alpha value is -3.15. The Labute approximate surface area is 427 Å². The fraction of sp³-hybridized carbons (Fsp3) is 0.689. The van der Waals surface area contributed by atoms with Crippen molar-refractivity contribution in [3.05, 3.63) is 109 Å². The number of hydrogen-bond donors (Lipinski definition) is 6. The van der Waals surface area contributed by atoms with E-state index in [9.17, 15) is 30.3 Å². The summed E-state index contributed by atoms with van der Waals surface area (Å²) < 4.78 is 11.2. The van der Waals surface area contributed by atoms with Gasteiger partial charge in [0.2, 0.25) is 5.91 Å². The lowest BCUT2D eigenvalue weighted by atomic mass is 9.99. The molecule has 0 aromatic heterocycles. The van der Waals surface area contributed by atoms with Crippen LogP contribution < -0.4 is 5.32 Å². The minimum Gasteiger partial charge on any atom is -0.394 e. The molecule has 6 N–H and O–H groups in total. The average Bonchev–Trinajstić information content (AvgIpc) is 3.36. The van der Waals surface area contributed by atoms with Gasteiger partial charge in [-0.25, -0.2) is 0 Å². The highest BCUT2D eigenvalue weighted by Gasteiger charge is 2.44. The van der Waals surface area contributed by atoms with Crippen LogP contribution in [0.5, 0.6) is 0 Å². The lowest BCUT2D eigenvalue weighted by Gasteiger charge is -2.40. The molecule has 0 saturated carbocycles. The quantitative estimate of drug-likeness (QED) is 0.0261. The number of carbonyl (C=O) groups excluding carboxylic acids is 1. The van der Waals surface area contributed by atoms with Crippen LogP contribution in [-0.4, -0.2) is 87.5 Å². The van der Waals surface area contributed by atoms with Crippen LogP contribution in [0, 0.1) is 0 Å². The van der Waals surface area contributed by atoms with E-state index in [0.29, 0.717) is 6.42 Å². The van der Waals surface area contributed by atoms with E-state index < -0.39 is 49.5 Å². The van der Waals surface area contributed by atoms with Crippen LogP contribution >= 0.6 is 0 Å². The molecule has 400 valence electrons. The standard InChI is InChI=1S/C61H103NO8/c1-3-5-7-9-11-13-15-17-19-20-21-22-23-24-25-26-27-28-29-30-31-32-33-34-35-36-37-39-41-43-45-47-49-51-57(65)62-54(53-69-61-60(68)59(67)58(66)56(52-63)70-61)55(64)50-48-46-44-42-40-38-18-16-14-12-10-8-6-4-2/h5,7,11,13,17,19,21-22,24-25,27-28,30-31,33-34,48,50,54-56,58-61,63-64,66-68H,3-4,6,8-10,12,14-16,18,20,23,26,29,32,35-47,49,51-53H2,1-2H3,(H,62,65)/b7-5-,13-11-,19-17-,22-21-,25-24-,28-27-,31-30-,34-33-,50-48+. The SMILES string of the molecule is CC/C=C\C/C=C\C/C=C\C/C=C\C/C=C\C/C=C\C/C=C\C/C=C\CCCCCCCCCCC(=O)NC(COC1OC(CO)C(O)C(O)C1O)C(O)/C=C/CCCCCCCCCCCCCC. The molecule has 0 radical (unpaired) electrons. The Morgan fingerprint density at radius 3 is 1.31 bits per heavy atom. The van der Waals surface area contributed by atoms with Crippen LogP contribution in [0.15, 0.2) is 109 Å². The molecule has 70 heavy (non-hydrogen) atoms. The summed E-state index contributed by atoms with van der Waals surface area (Å²) in [7, 11) is 0. The molecule has 9 nitrogen and oxygen atoms in total. The van der Waals surface area contributed by atoms with E-state index in [1.165, 1.54) is 89.9 Å². The van der Waals surface area contributed by atoms with Crippen molar-refractivity contribution < 1.29 is 39.8 Å². The fourth-order valence-corrected chi connectivity index (χ4v) is 8.17. The Morgan fingerprint density at radius 1 is 0.500 bits per heavy atom. The zero-order valence-corrected chi connectivity index (χ0v) is 44.2. The molecule has 1 rings (SSSR count). The van der Waals surface area contributed by atoms with Crippen LogP contribution in [0.4, 0.5) is 0 Å². The van der Waals surface area contributed by atoms with Gasteiger partial charge in [-0.15, -0.1) is 0 Å². The summed E-state index contributed by atoms with van der Waals surface area (Å²) in [4.78, 5) is 13.0. The molecule has 1 aliphatic rings. The second-order valence-electron chi connectivity index (χ2n) is 19.0. The van der Waals surface area contributed by atoms with Crippen LogP contribution in [0.1, 0.15) is 213 Å². The van der Waals surface area contributed by atoms with Crippen molar-refractivity contribution in [1.82, 2.24) is 5.32 Å². The number of amides is 1. The highest BCUT2D eigenvalue weighted by Crippen LogP contribution is 2.23. The van der Waals surface area contributed by atoms with Crippen molar-refractivity contribution in [2.45, 2.75) is 256 Å². The van der Waals surface area contributed by atoms with Gasteiger partial charge in [0.1, 0.15) is 24.4 Å². The summed E-state index contributed by atoms with van der Waals surface area (Å²) >= 11 is 0. The number of nitrogens with one attached hydrogen (secondary N) is 1. The van der Waals surface area contributed by atoms with Crippen LogP contribution in [0.25, 0.3) is 0 Å². The Balaban J connectivity index is 2.21. The smallest absolute Gasteiger partial charge is 0.220 e. The molecular formula is C61H103NO8. The zero-order valence-electron chi connectivity index (χ0n) is 44.2. The third kappa shape index (κ3) is 38.5. The van der Waals surface area contributed by atoms with E-state index in [1.807, 2.05) is 6.08 Å². The molecular weight excluding hydrogens is 875 g/mol. The highest BCUT2D eigenvalue weighted by molar-refractivity contribution is 5.76. The van der Waals surface area contributed by atoms with E-state index in [4.69, 9.17) is 9.47 Å². The van der Waals surface area contributed by atoms with Gasteiger partial charge in [-0.1, -0.05) is 232 Å². The average molecular weight is 978 g/mol. The number of ether oxygens (including phenoxy) is 2. The van der Waals surface area contributed by atoms with Gasteiger partial charge in [-0.2, -0.15) is 0 Å². The lowest BCUT2D eigenvalue weighted by Crippen LogP contribution is -2.60. The van der Waals surface area contributed by atoms with Crippen molar-refractivity contribution in [2.24, 2.45) is 0 Å². The summed E-state index contributed by atoms with van der Waals surface area (Å²) in [6.45, 7) is 3.64. The molecule has 9 heteroatoms. The molecule has 1 aliphatic heterocycles. The normalized spacial score (nSPS) is 20.2.